The number of carbonyl (C=O) groups is 1. The fourth-order valence-electron chi connectivity index (χ4n) is 0.321. The highest BCUT2D eigenvalue weighted by Crippen LogP contribution is 1.86. The first-order chi connectivity index (χ1) is 4.66. The van der Waals surface area contributed by atoms with E-state index in [1.54, 1.807) is 6.92 Å². The van der Waals surface area contributed by atoms with Crippen LogP contribution in [0, 0.1) is 0 Å². The molecule has 0 saturated heterocycles. The Hall–Kier alpha value is -0.610. The van der Waals surface area contributed by atoms with Crippen molar-refractivity contribution in [2.75, 3.05) is 13.7 Å². The van der Waals surface area contributed by atoms with E-state index in [4.69, 9.17) is 10.2 Å². The summed E-state index contributed by atoms with van der Waals surface area (Å²) in [5, 5.41) is 15.3. The molecular weight excluding hydrogens is 136 g/mol. The number of carbonyl (C=O) groups excluding carboxylic acids is 1. The summed E-state index contributed by atoms with van der Waals surface area (Å²) < 4.78 is 4.51. The summed E-state index contributed by atoms with van der Waals surface area (Å²) in [6, 6.07) is 0. The van der Waals surface area contributed by atoms with Crippen molar-refractivity contribution in [2.45, 2.75) is 20.0 Å². The summed E-state index contributed by atoms with van der Waals surface area (Å²) >= 11 is 0. The molecule has 0 fully saturated rings. The van der Waals surface area contributed by atoms with Gasteiger partial charge in [-0.3, -0.25) is 4.79 Å². The van der Waals surface area contributed by atoms with E-state index in [0.29, 0.717) is 0 Å². The van der Waals surface area contributed by atoms with Crippen molar-refractivity contribution < 1.29 is 19.7 Å². The largest absolute Gasteiger partial charge is 0.460 e. The third-order valence-corrected chi connectivity index (χ3v) is 0.624. The molecular formula is C6H14O4. The first-order valence-corrected chi connectivity index (χ1v) is 2.89. The summed E-state index contributed by atoms with van der Waals surface area (Å²) in [6.45, 7) is 2.83. The molecule has 0 heterocycles. The molecule has 4 heteroatoms. The van der Waals surface area contributed by atoms with Crippen LogP contribution in [0.2, 0.25) is 0 Å². The second-order valence-electron chi connectivity index (χ2n) is 1.60. The highest BCUT2D eigenvalue weighted by atomic mass is 16.5. The molecule has 0 aliphatic carbocycles. The normalized spacial score (nSPS) is 10.9. The lowest BCUT2D eigenvalue weighted by atomic mass is 10.4. The highest BCUT2D eigenvalue weighted by molar-refractivity contribution is 5.66. The molecule has 10 heavy (non-hydrogen) atoms. The van der Waals surface area contributed by atoms with Crippen LogP contribution in [-0.2, 0) is 9.53 Å². The standard InChI is InChI=1S/C5H10O3.CH4O/c1-4(3-6)8-5(2)7;1-2/h4,6H,3H2,1-2H3;2H,1H3. The Balaban J connectivity index is 0. The second-order valence-corrected chi connectivity index (χ2v) is 1.60. The van der Waals surface area contributed by atoms with Crippen molar-refractivity contribution in [3.8, 4) is 0 Å². The van der Waals surface area contributed by atoms with E-state index < -0.39 is 0 Å². The predicted octanol–water partition coefficient (Wildman–Crippen LogP) is -0.461. The van der Waals surface area contributed by atoms with E-state index in [1.807, 2.05) is 0 Å². The lowest BCUT2D eigenvalue weighted by Crippen LogP contribution is -2.15. The Morgan fingerprint density at radius 3 is 2.10 bits per heavy atom. The molecule has 0 aromatic carbocycles. The van der Waals surface area contributed by atoms with Crippen LogP contribution in [0.4, 0.5) is 0 Å². The zero-order valence-corrected chi connectivity index (χ0v) is 6.50. The minimum atomic E-state index is -0.368. The van der Waals surface area contributed by atoms with Gasteiger partial charge >= 0.3 is 5.97 Å². The van der Waals surface area contributed by atoms with Gasteiger partial charge < -0.3 is 14.9 Å². The summed E-state index contributed by atoms with van der Waals surface area (Å²) in [5.74, 6) is -0.355. The van der Waals surface area contributed by atoms with Crippen LogP contribution in [-0.4, -0.2) is 36.0 Å². The molecule has 0 aromatic heterocycles. The number of hydrogen-bond acceptors (Lipinski definition) is 4. The van der Waals surface area contributed by atoms with Crippen LogP contribution in [0.25, 0.3) is 0 Å². The number of rotatable bonds is 2. The summed E-state index contributed by atoms with van der Waals surface area (Å²) in [6.07, 6.45) is -0.368. The zero-order valence-electron chi connectivity index (χ0n) is 6.50. The van der Waals surface area contributed by atoms with Gasteiger partial charge in [0.25, 0.3) is 0 Å². The fraction of sp³-hybridized carbons (Fsp3) is 0.833. The maximum Gasteiger partial charge on any atom is 0.302 e. The number of ether oxygens (including phenoxy) is 1. The molecule has 1 atom stereocenters. The maximum atomic E-state index is 10.1. The van der Waals surface area contributed by atoms with Crippen LogP contribution in [0.1, 0.15) is 13.8 Å². The molecule has 0 aliphatic heterocycles. The van der Waals surface area contributed by atoms with Gasteiger partial charge in [-0.2, -0.15) is 0 Å². The Bertz CT molecular complexity index is 81.8. The van der Waals surface area contributed by atoms with Gasteiger partial charge in [0.05, 0.1) is 6.61 Å². The van der Waals surface area contributed by atoms with Crippen molar-refractivity contribution in [1.82, 2.24) is 0 Å². The van der Waals surface area contributed by atoms with E-state index in [-0.39, 0.29) is 18.7 Å². The number of aliphatic hydroxyl groups is 2. The molecule has 2 N–H and O–H groups in total. The summed E-state index contributed by atoms with van der Waals surface area (Å²) in [7, 11) is 1.00. The maximum absolute atomic E-state index is 10.1. The highest BCUT2D eigenvalue weighted by Gasteiger charge is 2.00. The molecule has 0 saturated carbocycles. The van der Waals surface area contributed by atoms with E-state index >= 15 is 0 Å². The van der Waals surface area contributed by atoms with E-state index in [2.05, 4.69) is 4.74 Å². The van der Waals surface area contributed by atoms with Gasteiger partial charge in [0.1, 0.15) is 6.10 Å². The molecule has 0 aromatic rings. The second kappa shape index (κ2) is 8.39. The van der Waals surface area contributed by atoms with Gasteiger partial charge in [0, 0.05) is 14.0 Å². The number of aliphatic hydroxyl groups excluding tert-OH is 2. The predicted molar refractivity (Wildman–Crippen MR) is 36.5 cm³/mol. The topological polar surface area (TPSA) is 66.8 Å². The van der Waals surface area contributed by atoms with Crippen molar-refractivity contribution in [3.05, 3.63) is 0 Å². The van der Waals surface area contributed by atoms with Gasteiger partial charge in [-0.1, -0.05) is 0 Å². The Morgan fingerprint density at radius 2 is 2.00 bits per heavy atom. The average molecular weight is 150 g/mol. The summed E-state index contributed by atoms with van der Waals surface area (Å²) in [4.78, 5) is 10.1. The van der Waals surface area contributed by atoms with E-state index in [0.717, 1.165) is 7.11 Å². The van der Waals surface area contributed by atoms with Gasteiger partial charge in [-0.25, -0.2) is 0 Å². The molecule has 0 spiro atoms. The molecule has 0 aliphatic rings. The quantitative estimate of drug-likeness (QED) is 0.523. The Labute approximate surface area is 60.4 Å². The first-order valence-electron chi connectivity index (χ1n) is 2.89. The number of hydrogen-bond donors (Lipinski definition) is 2. The average Bonchev–Trinajstić information content (AvgIpc) is 1.91. The minimum absolute atomic E-state index is 0.112. The van der Waals surface area contributed by atoms with Gasteiger partial charge in [-0.15, -0.1) is 0 Å². The molecule has 0 amide bonds. The van der Waals surface area contributed by atoms with Crippen LogP contribution in [0.15, 0.2) is 0 Å². The zero-order chi connectivity index (χ0) is 8.57. The van der Waals surface area contributed by atoms with Crippen LogP contribution >= 0.6 is 0 Å². The van der Waals surface area contributed by atoms with Crippen molar-refractivity contribution in [3.63, 3.8) is 0 Å². The third-order valence-electron chi connectivity index (χ3n) is 0.624. The monoisotopic (exact) mass is 150 g/mol. The van der Waals surface area contributed by atoms with Gasteiger partial charge in [0.15, 0.2) is 0 Å². The molecule has 4 nitrogen and oxygen atoms in total. The lowest BCUT2D eigenvalue weighted by molar-refractivity contribution is -0.147. The molecule has 0 radical (unpaired) electrons. The van der Waals surface area contributed by atoms with E-state index in [1.165, 1.54) is 6.92 Å². The SMILES string of the molecule is CC(=O)OC(C)CO.CO. The number of esters is 1. The van der Waals surface area contributed by atoms with Gasteiger partial charge in [0.2, 0.25) is 0 Å². The third kappa shape index (κ3) is 10.4. The smallest absolute Gasteiger partial charge is 0.302 e. The van der Waals surface area contributed by atoms with E-state index in [9.17, 15) is 4.79 Å². The first kappa shape index (κ1) is 12.1. The van der Waals surface area contributed by atoms with Gasteiger partial charge in [-0.05, 0) is 6.92 Å². The van der Waals surface area contributed by atoms with Crippen molar-refractivity contribution >= 4 is 5.97 Å². The van der Waals surface area contributed by atoms with Crippen molar-refractivity contribution in [1.29, 1.82) is 0 Å². The lowest BCUT2D eigenvalue weighted by Gasteiger charge is -2.05. The van der Waals surface area contributed by atoms with Crippen LogP contribution in [0.3, 0.4) is 0 Å². The Kier molecular flexibility index (Phi) is 10.2. The molecule has 62 valence electrons. The molecule has 1 unspecified atom stereocenters. The summed E-state index contributed by atoms with van der Waals surface area (Å²) in [5.41, 5.74) is 0. The van der Waals surface area contributed by atoms with Crippen LogP contribution < -0.4 is 0 Å². The Morgan fingerprint density at radius 1 is 1.60 bits per heavy atom. The van der Waals surface area contributed by atoms with Crippen LogP contribution in [0.5, 0.6) is 0 Å². The molecule has 0 rings (SSSR count). The molecule has 0 bridgehead atoms. The van der Waals surface area contributed by atoms with Crippen molar-refractivity contribution in [2.24, 2.45) is 0 Å². The fourth-order valence-corrected chi connectivity index (χ4v) is 0.321. The minimum Gasteiger partial charge on any atom is -0.460 e.